The lowest BCUT2D eigenvalue weighted by Crippen LogP contribution is -2.34. The van der Waals surface area contributed by atoms with Gasteiger partial charge in [-0.15, -0.1) is 0 Å². The van der Waals surface area contributed by atoms with Crippen LogP contribution in [0.15, 0.2) is 0 Å². The van der Waals surface area contributed by atoms with E-state index in [1.807, 2.05) is 0 Å². The molecule has 1 aliphatic heterocycles. The van der Waals surface area contributed by atoms with Gasteiger partial charge < -0.3 is 16.0 Å². The van der Waals surface area contributed by atoms with E-state index in [4.69, 9.17) is 5.73 Å². The van der Waals surface area contributed by atoms with E-state index in [1.165, 1.54) is 45.2 Å². The second kappa shape index (κ2) is 6.71. The van der Waals surface area contributed by atoms with Gasteiger partial charge in [0.1, 0.15) is 0 Å². The lowest BCUT2D eigenvalue weighted by Gasteiger charge is -2.29. The van der Waals surface area contributed by atoms with E-state index in [1.54, 1.807) is 0 Å². The highest BCUT2D eigenvalue weighted by Crippen LogP contribution is 2.43. The van der Waals surface area contributed by atoms with E-state index in [9.17, 15) is 4.79 Å². The zero-order chi connectivity index (χ0) is 13.7. The average molecular weight is 267 g/mol. The molecule has 4 nitrogen and oxygen atoms in total. The van der Waals surface area contributed by atoms with Crippen LogP contribution in [0.3, 0.4) is 0 Å². The summed E-state index contributed by atoms with van der Waals surface area (Å²) in [6, 6.07) is 0. The summed E-state index contributed by atoms with van der Waals surface area (Å²) in [6.45, 7) is 3.94. The molecule has 0 aromatic heterocycles. The molecule has 1 amide bonds. The van der Waals surface area contributed by atoms with Gasteiger partial charge in [0, 0.05) is 19.5 Å². The molecular formula is C15H29N3O. The number of hydrogen-bond acceptors (Lipinski definition) is 3. The molecule has 1 aliphatic carbocycles. The van der Waals surface area contributed by atoms with E-state index in [-0.39, 0.29) is 11.3 Å². The van der Waals surface area contributed by atoms with Gasteiger partial charge in [0.25, 0.3) is 0 Å². The van der Waals surface area contributed by atoms with Crippen LogP contribution in [0.4, 0.5) is 0 Å². The Morgan fingerprint density at radius 2 is 2.26 bits per heavy atom. The molecule has 110 valence electrons. The van der Waals surface area contributed by atoms with Crippen LogP contribution in [0, 0.1) is 11.3 Å². The second-order valence-electron chi connectivity index (χ2n) is 6.64. The van der Waals surface area contributed by atoms with E-state index in [2.05, 4.69) is 17.3 Å². The van der Waals surface area contributed by atoms with Crippen molar-refractivity contribution in [1.82, 2.24) is 10.2 Å². The maximum absolute atomic E-state index is 11.8. The number of likely N-dealkylation sites (tertiary alicyclic amines) is 1. The Balaban J connectivity index is 1.54. The van der Waals surface area contributed by atoms with Crippen molar-refractivity contribution in [3.63, 3.8) is 0 Å². The van der Waals surface area contributed by atoms with Crippen LogP contribution < -0.4 is 11.1 Å². The molecule has 19 heavy (non-hydrogen) atoms. The third-order valence-electron chi connectivity index (χ3n) is 4.79. The maximum Gasteiger partial charge on any atom is 0.220 e. The molecule has 1 heterocycles. The number of piperidine rings is 1. The zero-order valence-electron chi connectivity index (χ0n) is 12.3. The number of hydrogen-bond donors (Lipinski definition) is 2. The van der Waals surface area contributed by atoms with Crippen LogP contribution in [-0.2, 0) is 4.79 Å². The minimum absolute atomic E-state index is 0.212. The topological polar surface area (TPSA) is 58.4 Å². The molecule has 0 radical (unpaired) electrons. The van der Waals surface area contributed by atoms with Gasteiger partial charge in [0.2, 0.25) is 5.91 Å². The molecule has 2 rings (SSSR count). The van der Waals surface area contributed by atoms with Gasteiger partial charge in [-0.3, -0.25) is 4.79 Å². The van der Waals surface area contributed by atoms with Gasteiger partial charge in [0.15, 0.2) is 0 Å². The van der Waals surface area contributed by atoms with Crippen LogP contribution in [0.5, 0.6) is 0 Å². The molecular weight excluding hydrogens is 238 g/mol. The van der Waals surface area contributed by atoms with Crippen molar-refractivity contribution in [2.45, 2.75) is 44.9 Å². The summed E-state index contributed by atoms with van der Waals surface area (Å²) in [5.74, 6) is 1.01. The minimum Gasteiger partial charge on any atom is -0.355 e. The Labute approximate surface area is 117 Å². The summed E-state index contributed by atoms with van der Waals surface area (Å²) in [5.41, 5.74) is 5.96. The first-order valence-electron chi connectivity index (χ1n) is 7.79. The summed E-state index contributed by atoms with van der Waals surface area (Å²) in [6.07, 6.45) is 7.91. The zero-order valence-corrected chi connectivity index (χ0v) is 12.3. The first-order chi connectivity index (χ1) is 9.13. The van der Waals surface area contributed by atoms with Gasteiger partial charge in [-0.2, -0.15) is 0 Å². The maximum atomic E-state index is 11.8. The molecule has 2 aliphatic rings. The molecule has 0 bridgehead atoms. The SMILES string of the molecule is CN1CCCC(CCCC(=O)NCC2(CN)CC2)C1. The standard InChI is InChI=1S/C15H29N3O/c1-18-9-3-5-13(10-18)4-2-6-14(19)17-12-15(11-16)7-8-15/h13H,2-12,16H2,1H3,(H,17,19). The number of nitrogens with two attached hydrogens (primary N) is 1. The molecule has 0 spiro atoms. The van der Waals surface area contributed by atoms with Crippen molar-refractivity contribution >= 4 is 5.91 Å². The summed E-state index contributed by atoms with van der Waals surface area (Å²) < 4.78 is 0. The van der Waals surface area contributed by atoms with E-state index in [0.717, 1.165) is 18.9 Å². The van der Waals surface area contributed by atoms with Crippen LogP contribution in [0.2, 0.25) is 0 Å². The molecule has 2 fully saturated rings. The first-order valence-corrected chi connectivity index (χ1v) is 7.79. The summed E-state index contributed by atoms with van der Waals surface area (Å²) >= 11 is 0. The Morgan fingerprint density at radius 3 is 2.89 bits per heavy atom. The Morgan fingerprint density at radius 1 is 1.47 bits per heavy atom. The van der Waals surface area contributed by atoms with Crippen molar-refractivity contribution in [1.29, 1.82) is 0 Å². The van der Waals surface area contributed by atoms with Gasteiger partial charge in [0.05, 0.1) is 0 Å². The Bertz CT molecular complexity index is 302. The van der Waals surface area contributed by atoms with Gasteiger partial charge in [-0.05, 0) is 70.0 Å². The van der Waals surface area contributed by atoms with Crippen molar-refractivity contribution in [3.8, 4) is 0 Å². The summed E-state index contributed by atoms with van der Waals surface area (Å²) in [7, 11) is 2.20. The highest BCUT2D eigenvalue weighted by Gasteiger charge is 2.41. The normalized spacial score (nSPS) is 26.1. The Hall–Kier alpha value is -0.610. The van der Waals surface area contributed by atoms with Crippen LogP contribution in [0.1, 0.15) is 44.9 Å². The molecule has 1 saturated carbocycles. The van der Waals surface area contributed by atoms with Gasteiger partial charge in [-0.25, -0.2) is 0 Å². The highest BCUT2D eigenvalue weighted by molar-refractivity contribution is 5.75. The number of carbonyl (C=O) groups is 1. The lowest BCUT2D eigenvalue weighted by atomic mass is 9.93. The third kappa shape index (κ3) is 4.77. The van der Waals surface area contributed by atoms with Gasteiger partial charge >= 0.3 is 0 Å². The predicted octanol–water partition coefficient (Wildman–Crippen LogP) is 1.35. The monoisotopic (exact) mass is 267 g/mol. The number of nitrogens with zero attached hydrogens (tertiary/aromatic N) is 1. The molecule has 0 aromatic carbocycles. The molecule has 1 unspecified atom stereocenters. The minimum atomic E-state index is 0.212. The van der Waals surface area contributed by atoms with Gasteiger partial charge in [-0.1, -0.05) is 0 Å². The average Bonchev–Trinajstić information content (AvgIpc) is 3.17. The number of nitrogens with one attached hydrogen (secondary N) is 1. The Kier molecular flexibility index (Phi) is 5.22. The molecule has 3 N–H and O–H groups in total. The van der Waals surface area contributed by atoms with Crippen molar-refractivity contribution in [3.05, 3.63) is 0 Å². The smallest absolute Gasteiger partial charge is 0.220 e. The quantitative estimate of drug-likeness (QED) is 0.732. The van der Waals surface area contributed by atoms with E-state index in [0.29, 0.717) is 13.0 Å². The van der Waals surface area contributed by atoms with E-state index >= 15 is 0 Å². The van der Waals surface area contributed by atoms with Crippen molar-refractivity contribution < 1.29 is 4.79 Å². The second-order valence-corrected chi connectivity index (χ2v) is 6.64. The van der Waals surface area contributed by atoms with Crippen LogP contribution >= 0.6 is 0 Å². The molecule has 1 atom stereocenters. The third-order valence-corrected chi connectivity index (χ3v) is 4.79. The number of rotatable bonds is 7. The van der Waals surface area contributed by atoms with Crippen LogP contribution in [0.25, 0.3) is 0 Å². The van der Waals surface area contributed by atoms with Crippen molar-refractivity contribution in [2.24, 2.45) is 17.1 Å². The van der Waals surface area contributed by atoms with Crippen molar-refractivity contribution in [2.75, 3.05) is 33.2 Å². The molecule has 0 aromatic rings. The van der Waals surface area contributed by atoms with E-state index < -0.39 is 0 Å². The summed E-state index contributed by atoms with van der Waals surface area (Å²) in [5, 5.41) is 3.05. The fourth-order valence-electron chi connectivity index (χ4n) is 3.06. The largest absolute Gasteiger partial charge is 0.355 e. The number of amides is 1. The molecule has 1 saturated heterocycles. The highest BCUT2D eigenvalue weighted by atomic mass is 16.1. The lowest BCUT2D eigenvalue weighted by molar-refractivity contribution is -0.121. The predicted molar refractivity (Wildman–Crippen MR) is 77.8 cm³/mol. The fourth-order valence-corrected chi connectivity index (χ4v) is 3.06. The first kappa shape index (κ1) is 14.8. The van der Waals surface area contributed by atoms with Crippen LogP contribution in [-0.4, -0.2) is 44.0 Å². The number of carbonyl (C=O) groups excluding carboxylic acids is 1. The fraction of sp³-hybridized carbons (Fsp3) is 0.933. The molecule has 4 heteroatoms. The summed E-state index contributed by atoms with van der Waals surface area (Å²) in [4.78, 5) is 14.2.